The summed E-state index contributed by atoms with van der Waals surface area (Å²) in [4.78, 5) is 14.2. The van der Waals surface area contributed by atoms with Gasteiger partial charge in [-0.2, -0.15) is 0 Å². The third kappa shape index (κ3) is 3.97. The highest BCUT2D eigenvalue weighted by Crippen LogP contribution is 2.26. The molecule has 0 bridgehead atoms. The predicted octanol–water partition coefficient (Wildman–Crippen LogP) is 2.64. The van der Waals surface area contributed by atoms with Crippen molar-refractivity contribution >= 4 is 11.6 Å². The van der Waals surface area contributed by atoms with Crippen molar-refractivity contribution in [1.82, 2.24) is 15.1 Å². The molecule has 0 saturated carbocycles. The van der Waals surface area contributed by atoms with Gasteiger partial charge >= 0.3 is 0 Å². The number of likely N-dealkylation sites (tertiary alicyclic amines) is 1. The summed E-state index contributed by atoms with van der Waals surface area (Å²) in [6.07, 6.45) is 1.74. The third-order valence-corrected chi connectivity index (χ3v) is 4.24. The van der Waals surface area contributed by atoms with Crippen LogP contribution < -0.4 is 5.32 Å². The Kier molecular flexibility index (Phi) is 4.89. The normalized spacial score (nSPS) is 16.3. The molecule has 1 saturated heterocycles. The molecule has 1 amide bonds. The van der Waals surface area contributed by atoms with E-state index in [0.29, 0.717) is 11.8 Å². The number of piperidine rings is 1. The second-order valence-corrected chi connectivity index (χ2v) is 6.24. The van der Waals surface area contributed by atoms with Gasteiger partial charge in [-0.15, -0.1) is 10.2 Å². The lowest BCUT2D eigenvalue weighted by Gasteiger charge is -2.29. The molecular formula is C17H21FN4O2. The quantitative estimate of drug-likeness (QED) is 0.932. The Hall–Kier alpha value is -2.28. The van der Waals surface area contributed by atoms with Crippen LogP contribution in [0.2, 0.25) is 0 Å². The molecule has 2 aromatic rings. The first-order valence-corrected chi connectivity index (χ1v) is 8.09. The van der Waals surface area contributed by atoms with Gasteiger partial charge in [-0.05, 0) is 50.6 Å². The molecule has 3 rings (SSSR count). The summed E-state index contributed by atoms with van der Waals surface area (Å²) in [6, 6.07) is 4.68. The van der Waals surface area contributed by atoms with Crippen molar-refractivity contribution in [3.05, 3.63) is 41.4 Å². The molecule has 24 heavy (non-hydrogen) atoms. The molecule has 0 unspecified atom stereocenters. The number of carbonyl (C=O) groups is 1. The van der Waals surface area contributed by atoms with E-state index in [1.807, 2.05) is 6.92 Å². The van der Waals surface area contributed by atoms with Gasteiger partial charge in [0, 0.05) is 12.8 Å². The molecule has 0 atom stereocenters. The molecular weight excluding hydrogens is 311 g/mol. The monoisotopic (exact) mass is 332 g/mol. The summed E-state index contributed by atoms with van der Waals surface area (Å²) in [5.74, 6) is 0.885. The van der Waals surface area contributed by atoms with E-state index in [9.17, 15) is 9.18 Å². The van der Waals surface area contributed by atoms with Crippen molar-refractivity contribution in [3.63, 3.8) is 0 Å². The van der Waals surface area contributed by atoms with Gasteiger partial charge in [0.15, 0.2) is 0 Å². The molecule has 0 spiro atoms. The lowest BCUT2D eigenvalue weighted by Crippen LogP contribution is -2.38. The van der Waals surface area contributed by atoms with Crippen LogP contribution in [0.15, 0.2) is 22.6 Å². The number of hydrogen-bond acceptors (Lipinski definition) is 5. The van der Waals surface area contributed by atoms with Crippen molar-refractivity contribution < 1.29 is 13.6 Å². The predicted molar refractivity (Wildman–Crippen MR) is 87.2 cm³/mol. The van der Waals surface area contributed by atoms with Crippen LogP contribution in [-0.4, -0.2) is 40.6 Å². The van der Waals surface area contributed by atoms with Crippen LogP contribution >= 0.6 is 0 Å². The standard InChI is InChI=1S/C17H21FN4O2/c1-11-3-4-14(18)15(9-11)19-16(23)10-22-7-5-13(6-8-22)17-21-20-12(2)24-17/h3-4,9,13H,5-8,10H2,1-2H3,(H,19,23). The smallest absolute Gasteiger partial charge is 0.238 e. The van der Waals surface area contributed by atoms with E-state index < -0.39 is 5.82 Å². The van der Waals surface area contributed by atoms with Crippen molar-refractivity contribution in [2.24, 2.45) is 0 Å². The summed E-state index contributed by atoms with van der Waals surface area (Å²) in [7, 11) is 0. The second kappa shape index (κ2) is 7.09. The van der Waals surface area contributed by atoms with Crippen LogP contribution in [0.1, 0.15) is 36.1 Å². The number of benzene rings is 1. The number of amides is 1. The fraction of sp³-hybridized carbons (Fsp3) is 0.471. The van der Waals surface area contributed by atoms with Crippen LogP contribution in [0.25, 0.3) is 0 Å². The maximum Gasteiger partial charge on any atom is 0.238 e. The molecule has 128 valence electrons. The molecule has 7 heteroatoms. The van der Waals surface area contributed by atoms with E-state index in [4.69, 9.17) is 4.42 Å². The molecule has 2 heterocycles. The maximum absolute atomic E-state index is 13.7. The summed E-state index contributed by atoms with van der Waals surface area (Å²) in [5.41, 5.74) is 1.14. The first-order chi connectivity index (χ1) is 11.5. The fourth-order valence-electron chi connectivity index (χ4n) is 2.94. The number of aryl methyl sites for hydroxylation is 2. The SMILES string of the molecule is Cc1ccc(F)c(NC(=O)CN2CCC(c3nnc(C)o3)CC2)c1. The van der Waals surface area contributed by atoms with E-state index in [1.54, 1.807) is 19.1 Å². The topological polar surface area (TPSA) is 71.3 Å². The molecule has 0 aliphatic carbocycles. The van der Waals surface area contributed by atoms with Gasteiger partial charge < -0.3 is 9.73 Å². The molecule has 1 fully saturated rings. The van der Waals surface area contributed by atoms with E-state index in [2.05, 4.69) is 20.4 Å². The van der Waals surface area contributed by atoms with E-state index >= 15 is 0 Å². The fourth-order valence-corrected chi connectivity index (χ4v) is 2.94. The maximum atomic E-state index is 13.7. The molecule has 1 aromatic carbocycles. The number of anilines is 1. The van der Waals surface area contributed by atoms with E-state index in [0.717, 1.165) is 31.5 Å². The number of carbonyl (C=O) groups excluding carboxylic acids is 1. The van der Waals surface area contributed by atoms with Gasteiger partial charge in [-0.1, -0.05) is 6.07 Å². The average Bonchev–Trinajstić information content (AvgIpc) is 2.98. The van der Waals surface area contributed by atoms with Gasteiger partial charge in [0.05, 0.1) is 12.2 Å². The lowest BCUT2D eigenvalue weighted by molar-refractivity contribution is -0.117. The first-order valence-electron chi connectivity index (χ1n) is 8.09. The molecule has 0 radical (unpaired) electrons. The van der Waals surface area contributed by atoms with Crippen molar-refractivity contribution in [2.75, 3.05) is 25.0 Å². The molecule has 1 N–H and O–H groups in total. The zero-order valence-electron chi connectivity index (χ0n) is 13.9. The highest BCUT2D eigenvalue weighted by Gasteiger charge is 2.25. The minimum Gasteiger partial charge on any atom is -0.425 e. The largest absolute Gasteiger partial charge is 0.425 e. The van der Waals surface area contributed by atoms with Gasteiger partial charge in [-0.25, -0.2) is 4.39 Å². The molecule has 1 aliphatic heterocycles. The van der Waals surface area contributed by atoms with Gasteiger partial charge in [0.1, 0.15) is 5.82 Å². The molecule has 6 nitrogen and oxygen atoms in total. The number of nitrogens with zero attached hydrogens (tertiary/aromatic N) is 3. The first kappa shape index (κ1) is 16.6. The van der Waals surface area contributed by atoms with Crippen LogP contribution in [0, 0.1) is 19.7 Å². The van der Waals surface area contributed by atoms with Crippen LogP contribution in [0.4, 0.5) is 10.1 Å². The van der Waals surface area contributed by atoms with Gasteiger partial charge in [0.25, 0.3) is 0 Å². The summed E-state index contributed by atoms with van der Waals surface area (Å²) >= 11 is 0. The van der Waals surface area contributed by atoms with E-state index in [1.165, 1.54) is 6.07 Å². The van der Waals surface area contributed by atoms with Gasteiger partial charge in [-0.3, -0.25) is 9.69 Å². The molecule has 1 aliphatic rings. The van der Waals surface area contributed by atoms with Crippen molar-refractivity contribution in [1.29, 1.82) is 0 Å². The van der Waals surface area contributed by atoms with Crippen molar-refractivity contribution in [3.8, 4) is 0 Å². The van der Waals surface area contributed by atoms with Crippen LogP contribution in [-0.2, 0) is 4.79 Å². The Morgan fingerprint density at radius 1 is 1.33 bits per heavy atom. The second-order valence-electron chi connectivity index (χ2n) is 6.24. The van der Waals surface area contributed by atoms with Gasteiger partial charge in [0.2, 0.25) is 17.7 Å². The minimum atomic E-state index is -0.417. The zero-order valence-corrected chi connectivity index (χ0v) is 13.9. The Morgan fingerprint density at radius 3 is 2.75 bits per heavy atom. The number of rotatable bonds is 4. The zero-order chi connectivity index (χ0) is 17.1. The lowest BCUT2D eigenvalue weighted by atomic mass is 9.97. The Bertz CT molecular complexity index is 723. The summed E-state index contributed by atoms with van der Waals surface area (Å²) in [6.45, 7) is 5.44. The van der Waals surface area contributed by atoms with Crippen LogP contribution in [0.3, 0.4) is 0 Å². The van der Waals surface area contributed by atoms with Crippen molar-refractivity contribution in [2.45, 2.75) is 32.6 Å². The van der Waals surface area contributed by atoms with Crippen LogP contribution in [0.5, 0.6) is 0 Å². The number of halogens is 1. The minimum absolute atomic E-state index is 0.202. The molecule has 1 aromatic heterocycles. The Morgan fingerprint density at radius 2 is 2.08 bits per heavy atom. The van der Waals surface area contributed by atoms with E-state index in [-0.39, 0.29) is 24.1 Å². The number of hydrogen-bond donors (Lipinski definition) is 1. The summed E-state index contributed by atoms with van der Waals surface area (Å²) in [5, 5.41) is 10.6. The average molecular weight is 332 g/mol. The highest BCUT2D eigenvalue weighted by atomic mass is 19.1. The number of nitrogens with one attached hydrogen (secondary N) is 1. The highest BCUT2D eigenvalue weighted by molar-refractivity contribution is 5.92. The summed E-state index contributed by atoms with van der Waals surface area (Å²) < 4.78 is 19.2. The number of aromatic nitrogens is 2. The Balaban J connectivity index is 1.50. The third-order valence-electron chi connectivity index (χ3n) is 4.24. The Labute approximate surface area is 140 Å².